The molecule has 28 heavy (non-hydrogen) atoms. The first kappa shape index (κ1) is 19.9. The SMILES string of the molecule is COc1cc(OC)c(OC)cc1CN1C[C@@H](F)C[C@H]1Cn1cc(C(N)=O)nn1. The van der Waals surface area contributed by atoms with Gasteiger partial charge >= 0.3 is 0 Å². The summed E-state index contributed by atoms with van der Waals surface area (Å²) >= 11 is 0. The maximum Gasteiger partial charge on any atom is 0.270 e. The van der Waals surface area contributed by atoms with Crippen LogP contribution in [0.15, 0.2) is 18.3 Å². The summed E-state index contributed by atoms with van der Waals surface area (Å²) in [4.78, 5) is 13.2. The third-order valence-electron chi connectivity index (χ3n) is 4.83. The lowest BCUT2D eigenvalue weighted by molar-refractivity contribution is 0.0995. The molecule has 0 unspecified atom stereocenters. The number of benzene rings is 1. The van der Waals surface area contributed by atoms with Gasteiger partial charge in [0.2, 0.25) is 0 Å². The van der Waals surface area contributed by atoms with Crippen molar-refractivity contribution in [2.45, 2.75) is 31.7 Å². The molecule has 152 valence electrons. The van der Waals surface area contributed by atoms with E-state index in [2.05, 4.69) is 10.3 Å². The molecule has 1 fully saturated rings. The molecule has 1 aromatic heterocycles. The van der Waals surface area contributed by atoms with E-state index < -0.39 is 12.1 Å². The van der Waals surface area contributed by atoms with Crippen LogP contribution < -0.4 is 19.9 Å². The molecule has 1 saturated heterocycles. The Kier molecular flexibility index (Phi) is 5.98. The summed E-state index contributed by atoms with van der Waals surface area (Å²) in [5.41, 5.74) is 6.15. The van der Waals surface area contributed by atoms with Crippen LogP contribution in [0.5, 0.6) is 17.2 Å². The van der Waals surface area contributed by atoms with Gasteiger partial charge in [-0.15, -0.1) is 5.10 Å². The number of ether oxygens (including phenoxy) is 3. The number of likely N-dealkylation sites (tertiary alicyclic amines) is 1. The number of primary amides is 1. The van der Waals surface area contributed by atoms with Crippen LogP contribution in [0.3, 0.4) is 0 Å². The van der Waals surface area contributed by atoms with Gasteiger partial charge in [0.25, 0.3) is 5.91 Å². The fraction of sp³-hybridized carbons (Fsp3) is 0.500. The van der Waals surface area contributed by atoms with Gasteiger partial charge in [-0.05, 0) is 12.5 Å². The van der Waals surface area contributed by atoms with E-state index in [-0.39, 0.29) is 11.7 Å². The van der Waals surface area contributed by atoms with Crippen molar-refractivity contribution in [2.24, 2.45) is 5.73 Å². The van der Waals surface area contributed by atoms with Crippen molar-refractivity contribution >= 4 is 5.91 Å². The quantitative estimate of drug-likeness (QED) is 0.714. The lowest BCUT2D eigenvalue weighted by Gasteiger charge is -2.25. The molecule has 0 aliphatic carbocycles. The van der Waals surface area contributed by atoms with Crippen molar-refractivity contribution < 1.29 is 23.4 Å². The Morgan fingerprint density at radius 1 is 1.21 bits per heavy atom. The van der Waals surface area contributed by atoms with Crippen molar-refractivity contribution in [3.63, 3.8) is 0 Å². The zero-order valence-corrected chi connectivity index (χ0v) is 16.1. The Bertz CT molecular complexity index is 843. The molecule has 9 nitrogen and oxygen atoms in total. The molecule has 2 atom stereocenters. The molecule has 1 aromatic carbocycles. The summed E-state index contributed by atoms with van der Waals surface area (Å²) in [6, 6.07) is 3.47. The highest BCUT2D eigenvalue weighted by Crippen LogP contribution is 2.36. The molecule has 0 spiro atoms. The smallest absolute Gasteiger partial charge is 0.270 e. The Balaban J connectivity index is 1.80. The van der Waals surface area contributed by atoms with Gasteiger partial charge in [-0.3, -0.25) is 14.4 Å². The topological polar surface area (TPSA) is 105 Å². The van der Waals surface area contributed by atoms with Crippen molar-refractivity contribution in [1.29, 1.82) is 0 Å². The van der Waals surface area contributed by atoms with E-state index >= 15 is 0 Å². The number of halogens is 1. The molecule has 0 radical (unpaired) electrons. The number of aromatic nitrogens is 3. The summed E-state index contributed by atoms with van der Waals surface area (Å²) in [5, 5.41) is 7.64. The number of alkyl halides is 1. The summed E-state index contributed by atoms with van der Waals surface area (Å²) in [6.07, 6.45) is 0.889. The average Bonchev–Trinajstić information content (AvgIpc) is 3.28. The van der Waals surface area contributed by atoms with E-state index in [0.717, 1.165) is 5.56 Å². The minimum absolute atomic E-state index is 0.0860. The molecule has 1 amide bonds. The van der Waals surface area contributed by atoms with Gasteiger partial charge in [0.05, 0.1) is 34.1 Å². The van der Waals surface area contributed by atoms with Crippen LogP contribution in [0.1, 0.15) is 22.5 Å². The van der Waals surface area contributed by atoms with Gasteiger partial charge < -0.3 is 19.9 Å². The second-order valence-electron chi connectivity index (χ2n) is 6.63. The van der Waals surface area contributed by atoms with Crippen molar-refractivity contribution in [2.75, 3.05) is 27.9 Å². The predicted octanol–water partition coefficient (Wildman–Crippen LogP) is 1.02. The first-order valence-electron chi connectivity index (χ1n) is 8.82. The van der Waals surface area contributed by atoms with Gasteiger partial charge in [0, 0.05) is 30.8 Å². The standard InChI is InChI=1S/C18H24FN5O4/c1-26-15-6-17(28-3)16(27-2)4-11(15)7-23-8-12(19)5-13(23)9-24-10-14(18(20)25)21-22-24/h4,6,10,12-13H,5,7-9H2,1-3H3,(H2,20,25)/t12-,13-/m0/s1. The zero-order chi connectivity index (χ0) is 20.3. The number of rotatable bonds is 8. The Morgan fingerprint density at radius 3 is 2.50 bits per heavy atom. The van der Waals surface area contributed by atoms with Crippen molar-refractivity contribution in [3.05, 3.63) is 29.6 Å². The molecular formula is C18H24FN5O4. The van der Waals surface area contributed by atoms with Crippen molar-refractivity contribution in [3.8, 4) is 17.2 Å². The van der Waals surface area contributed by atoms with Gasteiger partial charge in [-0.2, -0.15) is 0 Å². The summed E-state index contributed by atoms with van der Waals surface area (Å²) in [6.45, 7) is 1.15. The minimum atomic E-state index is -0.949. The molecule has 0 saturated carbocycles. The number of hydrogen-bond donors (Lipinski definition) is 1. The first-order chi connectivity index (χ1) is 13.4. The molecule has 2 heterocycles. The molecular weight excluding hydrogens is 369 g/mol. The maximum absolute atomic E-state index is 14.2. The molecule has 10 heteroatoms. The number of methoxy groups -OCH3 is 3. The van der Waals surface area contributed by atoms with Crippen LogP contribution in [0.2, 0.25) is 0 Å². The van der Waals surface area contributed by atoms with Crippen LogP contribution in [0, 0.1) is 0 Å². The summed E-state index contributed by atoms with van der Waals surface area (Å²) in [5.74, 6) is 1.13. The number of hydrogen-bond acceptors (Lipinski definition) is 7. The molecule has 1 aliphatic heterocycles. The normalized spacial score (nSPS) is 19.6. The average molecular weight is 393 g/mol. The van der Waals surface area contributed by atoms with Crippen LogP contribution in [-0.2, 0) is 13.1 Å². The second kappa shape index (κ2) is 8.42. The van der Waals surface area contributed by atoms with E-state index in [1.165, 1.54) is 10.9 Å². The monoisotopic (exact) mass is 393 g/mol. The summed E-state index contributed by atoms with van der Waals surface area (Å²) < 4.78 is 31.8. The number of nitrogens with zero attached hydrogens (tertiary/aromatic N) is 4. The maximum atomic E-state index is 14.2. The second-order valence-corrected chi connectivity index (χ2v) is 6.63. The van der Waals surface area contributed by atoms with E-state index in [1.807, 2.05) is 11.0 Å². The highest BCUT2D eigenvalue weighted by molar-refractivity contribution is 5.90. The molecule has 2 aromatic rings. The third-order valence-corrected chi connectivity index (χ3v) is 4.83. The fourth-order valence-electron chi connectivity index (χ4n) is 3.46. The number of amides is 1. The lowest BCUT2D eigenvalue weighted by atomic mass is 10.1. The minimum Gasteiger partial charge on any atom is -0.496 e. The Morgan fingerprint density at radius 2 is 1.89 bits per heavy atom. The van der Waals surface area contributed by atoms with Gasteiger partial charge in [-0.25, -0.2) is 4.39 Å². The van der Waals surface area contributed by atoms with E-state index in [1.54, 1.807) is 27.4 Å². The largest absolute Gasteiger partial charge is 0.496 e. The molecule has 3 rings (SSSR count). The molecule has 2 N–H and O–H groups in total. The summed E-state index contributed by atoms with van der Waals surface area (Å²) in [7, 11) is 4.69. The number of carbonyl (C=O) groups is 1. The van der Waals surface area contributed by atoms with E-state index in [4.69, 9.17) is 19.9 Å². The Labute approximate surface area is 162 Å². The van der Waals surface area contributed by atoms with Crippen LogP contribution in [0.25, 0.3) is 0 Å². The molecule has 1 aliphatic rings. The van der Waals surface area contributed by atoms with Crippen molar-refractivity contribution in [1.82, 2.24) is 19.9 Å². The van der Waals surface area contributed by atoms with Crippen LogP contribution >= 0.6 is 0 Å². The van der Waals surface area contributed by atoms with Crippen LogP contribution in [-0.4, -0.2) is 65.9 Å². The number of nitrogens with two attached hydrogens (primary N) is 1. The fourth-order valence-corrected chi connectivity index (χ4v) is 3.46. The van der Waals surface area contributed by atoms with Gasteiger partial charge in [0.15, 0.2) is 17.2 Å². The van der Waals surface area contributed by atoms with E-state index in [9.17, 15) is 9.18 Å². The highest BCUT2D eigenvalue weighted by atomic mass is 19.1. The van der Waals surface area contributed by atoms with Gasteiger partial charge in [0.1, 0.15) is 11.9 Å². The highest BCUT2D eigenvalue weighted by Gasteiger charge is 2.33. The van der Waals surface area contributed by atoms with Crippen LogP contribution in [0.4, 0.5) is 4.39 Å². The lowest BCUT2D eigenvalue weighted by Crippen LogP contribution is -2.33. The predicted molar refractivity (Wildman–Crippen MR) is 98.3 cm³/mol. The number of carbonyl (C=O) groups excluding carboxylic acids is 1. The zero-order valence-electron chi connectivity index (χ0n) is 16.1. The Hall–Kier alpha value is -2.88. The molecule has 0 bridgehead atoms. The van der Waals surface area contributed by atoms with E-state index in [0.29, 0.717) is 43.3 Å². The first-order valence-corrected chi connectivity index (χ1v) is 8.82. The van der Waals surface area contributed by atoms with Gasteiger partial charge in [-0.1, -0.05) is 5.21 Å². The third kappa shape index (κ3) is 4.16.